The molecule has 18 heavy (non-hydrogen) atoms. The van der Waals surface area contributed by atoms with Crippen molar-refractivity contribution in [2.75, 3.05) is 5.73 Å². The lowest BCUT2D eigenvalue weighted by Gasteiger charge is -2.05. The summed E-state index contributed by atoms with van der Waals surface area (Å²) in [6.07, 6.45) is 1.68. The third-order valence-electron chi connectivity index (χ3n) is 2.76. The Morgan fingerprint density at radius 2 is 1.94 bits per heavy atom. The van der Waals surface area contributed by atoms with Crippen LogP contribution in [0.1, 0.15) is 0 Å². The molecule has 0 aliphatic rings. The fourth-order valence-corrected chi connectivity index (χ4v) is 2.07. The van der Waals surface area contributed by atoms with Crippen LogP contribution in [0.25, 0.3) is 22.2 Å². The Morgan fingerprint density at radius 3 is 2.78 bits per heavy atom. The zero-order valence-electron chi connectivity index (χ0n) is 9.47. The number of nitrogens with two attached hydrogens (primary N) is 1. The van der Waals surface area contributed by atoms with Crippen molar-refractivity contribution < 1.29 is 0 Å². The molecule has 1 aromatic carbocycles. The summed E-state index contributed by atoms with van der Waals surface area (Å²) < 4.78 is 0. The number of hydrogen-bond acceptors (Lipinski definition) is 3. The Hall–Kier alpha value is -2.13. The molecule has 3 rings (SSSR count). The van der Waals surface area contributed by atoms with Crippen molar-refractivity contribution >= 4 is 28.3 Å². The first kappa shape index (κ1) is 11.0. The summed E-state index contributed by atoms with van der Waals surface area (Å²) in [7, 11) is 0. The number of nitrogens with zero attached hydrogens (tertiary/aromatic N) is 2. The van der Waals surface area contributed by atoms with Crippen LogP contribution in [0.15, 0.2) is 48.7 Å². The largest absolute Gasteiger partial charge is 0.382 e. The Balaban J connectivity index is 2.22. The number of halogens is 1. The van der Waals surface area contributed by atoms with Crippen LogP contribution in [0.2, 0.25) is 5.02 Å². The van der Waals surface area contributed by atoms with Gasteiger partial charge in [0.25, 0.3) is 0 Å². The van der Waals surface area contributed by atoms with Crippen LogP contribution < -0.4 is 5.73 Å². The van der Waals surface area contributed by atoms with E-state index in [4.69, 9.17) is 17.3 Å². The van der Waals surface area contributed by atoms with Gasteiger partial charge in [0, 0.05) is 22.2 Å². The maximum atomic E-state index is 5.98. The maximum absolute atomic E-state index is 5.98. The van der Waals surface area contributed by atoms with Gasteiger partial charge in [-0.25, -0.2) is 9.97 Å². The highest BCUT2D eigenvalue weighted by Crippen LogP contribution is 2.24. The van der Waals surface area contributed by atoms with Gasteiger partial charge in [0.05, 0.1) is 5.69 Å². The second kappa shape index (κ2) is 4.27. The van der Waals surface area contributed by atoms with E-state index in [1.165, 1.54) is 0 Å². The van der Waals surface area contributed by atoms with Gasteiger partial charge in [0.2, 0.25) is 0 Å². The molecule has 0 fully saturated rings. The van der Waals surface area contributed by atoms with Crippen LogP contribution in [0.3, 0.4) is 0 Å². The van der Waals surface area contributed by atoms with Gasteiger partial charge in [-0.1, -0.05) is 29.8 Å². The number of aromatic nitrogens is 2. The second-order valence-electron chi connectivity index (χ2n) is 3.97. The number of anilines is 1. The number of hydrogen-bond donors (Lipinski definition) is 1. The average molecular weight is 256 g/mol. The third kappa shape index (κ3) is 1.89. The molecular formula is C14H10ClN3. The third-order valence-corrected chi connectivity index (χ3v) is 2.99. The molecule has 0 radical (unpaired) electrons. The Kier molecular flexibility index (Phi) is 2.61. The molecule has 4 heteroatoms. The van der Waals surface area contributed by atoms with Gasteiger partial charge in [-0.2, -0.15) is 0 Å². The molecule has 0 aliphatic heterocycles. The minimum Gasteiger partial charge on any atom is -0.382 e. The number of benzene rings is 1. The fourth-order valence-electron chi connectivity index (χ4n) is 1.88. The molecule has 88 valence electrons. The van der Waals surface area contributed by atoms with Gasteiger partial charge in [-0.15, -0.1) is 0 Å². The zero-order valence-corrected chi connectivity index (χ0v) is 10.2. The Labute approximate surface area is 109 Å². The molecule has 3 nitrogen and oxygen atoms in total. The van der Waals surface area contributed by atoms with Gasteiger partial charge < -0.3 is 5.73 Å². The van der Waals surface area contributed by atoms with E-state index in [1.54, 1.807) is 6.20 Å². The van der Waals surface area contributed by atoms with Crippen molar-refractivity contribution in [2.45, 2.75) is 0 Å². The highest BCUT2D eigenvalue weighted by molar-refractivity contribution is 6.30. The highest BCUT2D eigenvalue weighted by Gasteiger charge is 2.04. The van der Waals surface area contributed by atoms with Crippen LogP contribution >= 0.6 is 11.6 Å². The summed E-state index contributed by atoms with van der Waals surface area (Å²) in [6.45, 7) is 0. The first-order chi connectivity index (χ1) is 8.74. The smallest absolute Gasteiger partial charge is 0.149 e. The second-order valence-corrected chi connectivity index (χ2v) is 4.41. The predicted molar refractivity (Wildman–Crippen MR) is 74.4 cm³/mol. The normalized spacial score (nSPS) is 10.7. The molecule has 0 aliphatic carbocycles. The molecule has 2 heterocycles. The van der Waals surface area contributed by atoms with E-state index >= 15 is 0 Å². The SMILES string of the molecule is Nc1nccc2ccc(-c3cccc(Cl)c3)nc12. The minimum absolute atomic E-state index is 0.441. The van der Waals surface area contributed by atoms with Gasteiger partial charge in [-0.05, 0) is 24.3 Å². The summed E-state index contributed by atoms with van der Waals surface area (Å²) in [4.78, 5) is 8.59. The Bertz CT molecular complexity index is 725. The van der Waals surface area contributed by atoms with Crippen LogP contribution in [0.5, 0.6) is 0 Å². The van der Waals surface area contributed by atoms with Crippen molar-refractivity contribution in [2.24, 2.45) is 0 Å². The molecule has 3 aromatic rings. The minimum atomic E-state index is 0.441. The van der Waals surface area contributed by atoms with E-state index in [2.05, 4.69) is 9.97 Å². The van der Waals surface area contributed by atoms with E-state index in [9.17, 15) is 0 Å². The van der Waals surface area contributed by atoms with Crippen molar-refractivity contribution in [3.63, 3.8) is 0 Å². The summed E-state index contributed by atoms with van der Waals surface area (Å²) in [5.74, 6) is 0.441. The summed E-state index contributed by atoms with van der Waals surface area (Å²) in [6, 6.07) is 13.4. The highest BCUT2D eigenvalue weighted by atomic mass is 35.5. The molecule has 2 aromatic heterocycles. The molecule has 0 saturated heterocycles. The quantitative estimate of drug-likeness (QED) is 0.724. The van der Waals surface area contributed by atoms with Gasteiger partial charge in [0.1, 0.15) is 11.3 Å². The van der Waals surface area contributed by atoms with Gasteiger partial charge >= 0.3 is 0 Å². The molecule has 0 amide bonds. The van der Waals surface area contributed by atoms with E-state index in [0.717, 1.165) is 22.2 Å². The zero-order chi connectivity index (χ0) is 12.5. The van der Waals surface area contributed by atoms with Crippen LogP contribution in [0.4, 0.5) is 5.82 Å². The molecular weight excluding hydrogens is 246 g/mol. The molecule has 0 unspecified atom stereocenters. The summed E-state index contributed by atoms with van der Waals surface area (Å²) >= 11 is 5.98. The van der Waals surface area contributed by atoms with E-state index < -0.39 is 0 Å². The average Bonchev–Trinajstić information content (AvgIpc) is 2.39. The summed E-state index contributed by atoms with van der Waals surface area (Å²) in [5, 5.41) is 1.67. The van der Waals surface area contributed by atoms with Crippen molar-refractivity contribution in [1.82, 2.24) is 9.97 Å². The van der Waals surface area contributed by atoms with Crippen molar-refractivity contribution in [3.05, 3.63) is 53.7 Å². The first-order valence-electron chi connectivity index (χ1n) is 5.51. The topological polar surface area (TPSA) is 51.8 Å². The molecule has 0 spiro atoms. The van der Waals surface area contributed by atoms with E-state index in [-0.39, 0.29) is 0 Å². The predicted octanol–water partition coefficient (Wildman–Crippen LogP) is 3.53. The number of nitrogen functional groups attached to an aromatic ring is 1. The monoisotopic (exact) mass is 255 g/mol. The molecule has 0 saturated carbocycles. The fraction of sp³-hybridized carbons (Fsp3) is 0. The van der Waals surface area contributed by atoms with Gasteiger partial charge in [0.15, 0.2) is 0 Å². The van der Waals surface area contributed by atoms with Crippen molar-refractivity contribution in [3.8, 4) is 11.3 Å². The lowest BCUT2D eigenvalue weighted by molar-refractivity contribution is 1.32. The molecule has 2 N–H and O–H groups in total. The number of rotatable bonds is 1. The van der Waals surface area contributed by atoms with E-state index in [0.29, 0.717) is 10.8 Å². The number of pyridine rings is 2. The van der Waals surface area contributed by atoms with E-state index in [1.807, 2.05) is 42.5 Å². The molecule has 0 bridgehead atoms. The summed E-state index contributed by atoms with van der Waals surface area (Å²) in [5.41, 5.74) is 8.35. The number of fused-ring (bicyclic) bond motifs is 1. The lowest BCUT2D eigenvalue weighted by atomic mass is 10.1. The van der Waals surface area contributed by atoms with Gasteiger partial charge in [-0.3, -0.25) is 0 Å². The van der Waals surface area contributed by atoms with Crippen molar-refractivity contribution in [1.29, 1.82) is 0 Å². The first-order valence-corrected chi connectivity index (χ1v) is 5.89. The lowest BCUT2D eigenvalue weighted by Crippen LogP contribution is -1.94. The van der Waals surface area contributed by atoms with Crippen LogP contribution in [-0.4, -0.2) is 9.97 Å². The van der Waals surface area contributed by atoms with Crippen LogP contribution in [-0.2, 0) is 0 Å². The maximum Gasteiger partial charge on any atom is 0.149 e. The Morgan fingerprint density at radius 1 is 1.06 bits per heavy atom. The van der Waals surface area contributed by atoms with Crippen LogP contribution in [0, 0.1) is 0 Å². The standard InChI is InChI=1S/C14H10ClN3/c15-11-3-1-2-10(8-11)12-5-4-9-6-7-17-14(16)13(9)18-12/h1-8H,(H2,16,17). The molecule has 0 atom stereocenters.